The first kappa shape index (κ1) is 14.3. The first-order chi connectivity index (χ1) is 9.17. The summed E-state index contributed by atoms with van der Waals surface area (Å²) in [6, 6.07) is 0.313. The third-order valence-corrected chi connectivity index (χ3v) is 3.23. The van der Waals surface area contributed by atoms with E-state index in [0.717, 1.165) is 38.9 Å². The molecule has 1 N–H and O–H groups in total. The highest BCUT2D eigenvalue weighted by Crippen LogP contribution is 2.17. The molecule has 1 aliphatic heterocycles. The van der Waals surface area contributed by atoms with Crippen LogP contribution in [0, 0.1) is 0 Å². The van der Waals surface area contributed by atoms with E-state index in [1.54, 1.807) is 0 Å². The molecule has 0 atom stereocenters. The molecular formula is C12H20ClN5O. The minimum Gasteiger partial charge on any atom is -0.460 e. The smallest absolute Gasteiger partial charge is 0.322 e. The van der Waals surface area contributed by atoms with Crippen LogP contribution in [0.5, 0.6) is 6.01 Å². The molecule has 7 heteroatoms. The van der Waals surface area contributed by atoms with E-state index >= 15 is 0 Å². The fraction of sp³-hybridized carbons (Fsp3) is 0.750. The highest BCUT2D eigenvalue weighted by atomic mass is 35.5. The average molecular weight is 286 g/mol. The Morgan fingerprint density at radius 1 is 1.32 bits per heavy atom. The Balaban J connectivity index is 1.97. The van der Waals surface area contributed by atoms with E-state index in [1.807, 2.05) is 0 Å². The van der Waals surface area contributed by atoms with Crippen LogP contribution in [0.2, 0.25) is 5.28 Å². The van der Waals surface area contributed by atoms with Crippen molar-refractivity contribution in [3.63, 3.8) is 0 Å². The van der Waals surface area contributed by atoms with Gasteiger partial charge in [0.2, 0.25) is 11.2 Å². The summed E-state index contributed by atoms with van der Waals surface area (Å²) in [5, 5.41) is 3.25. The molecule has 2 rings (SSSR count). The number of hydrogen-bond donors (Lipinski definition) is 1. The van der Waals surface area contributed by atoms with E-state index in [1.165, 1.54) is 0 Å². The highest BCUT2D eigenvalue weighted by molar-refractivity contribution is 6.28. The third kappa shape index (κ3) is 4.47. The minimum absolute atomic E-state index is 0.161. The van der Waals surface area contributed by atoms with Gasteiger partial charge in [-0.15, -0.1) is 0 Å². The lowest BCUT2D eigenvalue weighted by molar-refractivity contribution is 0.105. The number of nitrogens with one attached hydrogen (secondary N) is 1. The van der Waals surface area contributed by atoms with Crippen LogP contribution in [0.3, 0.4) is 0 Å². The molecular weight excluding hydrogens is 266 g/mol. The van der Waals surface area contributed by atoms with Crippen LogP contribution in [-0.2, 0) is 0 Å². The Kier molecular flexibility index (Phi) is 5.15. The highest BCUT2D eigenvalue weighted by Gasteiger charge is 2.19. The zero-order valence-electron chi connectivity index (χ0n) is 11.4. The Morgan fingerprint density at radius 3 is 2.74 bits per heavy atom. The predicted octanol–water partition coefficient (Wildman–Crippen LogP) is 1.82. The molecule has 0 spiro atoms. The minimum atomic E-state index is 0.161. The van der Waals surface area contributed by atoms with Crippen LogP contribution in [0.4, 0.5) is 5.95 Å². The molecule has 1 aromatic heterocycles. The molecule has 0 saturated carbocycles. The Hall–Kier alpha value is -1.14. The summed E-state index contributed by atoms with van der Waals surface area (Å²) in [6.45, 7) is 4.94. The number of anilines is 1. The Bertz CT molecular complexity index is 409. The van der Waals surface area contributed by atoms with E-state index in [4.69, 9.17) is 16.3 Å². The van der Waals surface area contributed by atoms with Crippen molar-refractivity contribution >= 4 is 17.5 Å². The molecule has 1 aliphatic rings. The quantitative estimate of drug-likeness (QED) is 0.890. The first-order valence-corrected chi connectivity index (χ1v) is 7.06. The van der Waals surface area contributed by atoms with Crippen molar-refractivity contribution in [1.29, 1.82) is 0 Å². The van der Waals surface area contributed by atoms with E-state index in [0.29, 0.717) is 12.0 Å². The zero-order valence-corrected chi connectivity index (χ0v) is 12.2. The van der Waals surface area contributed by atoms with Gasteiger partial charge in [-0.2, -0.15) is 15.0 Å². The van der Waals surface area contributed by atoms with E-state index in [2.05, 4.69) is 39.1 Å². The maximum atomic E-state index is 5.88. The lowest BCUT2D eigenvalue weighted by atomic mass is 10.1. The number of rotatable bonds is 5. The van der Waals surface area contributed by atoms with Crippen LogP contribution >= 0.6 is 11.6 Å². The number of nitrogens with zero attached hydrogens (tertiary/aromatic N) is 4. The number of piperidine rings is 1. The molecule has 1 saturated heterocycles. The summed E-state index contributed by atoms with van der Waals surface area (Å²) >= 11 is 5.88. The van der Waals surface area contributed by atoms with Gasteiger partial charge in [0.25, 0.3) is 0 Å². The van der Waals surface area contributed by atoms with Gasteiger partial charge >= 0.3 is 6.01 Å². The van der Waals surface area contributed by atoms with Gasteiger partial charge in [0, 0.05) is 19.6 Å². The van der Waals surface area contributed by atoms with Crippen LogP contribution in [0.1, 0.15) is 26.2 Å². The lowest BCUT2D eigenvalue weighted by Gasteiger charge is -2.28. The van der Waals surface area contributed by atoms with Gasteiger partial charge < -0.3 is 15.0 Å². The van der Waals surface area contributed by atoms with Gasteiger partial charge in [0.15, 0.2) is 0 Å². The third-order valence-electron chi connectivity index (χ3n) is 3.06. The van der Waals surface area contributed by atoms with Crippen LogP contribution in [0.15, 0.2) is 0 Å². The number of halogens is 1. The van der Waals surface area contributed by atoms with Crippen molar-refractivity contribution < 1.29 is 4.74 Å². The second-order valence-electron chi connectivity index (χ2n) is 4.76. The van der Waals surface area contributed by atoms with Gasteiger partial charge in [0.05, 0.1) is 0 Å². The second-order valence-corrected chi connectivity index (χ2v) is 5.10. The second kappa shape index (κ2) is 6.86. The van der Waals surface area contributed by atoms with Crippen molar-refractivity contribution in [2.24, 2.45) is 0 Å². The molecule has 19 heavy (non-hydrogen) atoms. The Labute approximate surface area is 118 Å². The van der Waals surface area contributed by atoms with E-state index < -0.39 is 0 Å². The number of hydrogen-bond acceptors (Lipinski definition) is 6. The molecule has 2 heterocycles. The van der Waals surface area contributed by atoms with Gasteiger partial charge in [-0.25, -0.2) is 0 Å². The molecule has 0 aromatic carbocycles. The number of ether oxygens (including phenoxy) is 1. The predicted molar refractivity (Wildman–Crippen MR) is 74.8 cm³/mol. The summed E-state index contributed by atoms with van der Waals surface area (Å²) < 4.78 is 5.79. The molecule has 1 aromatic rings. The van der Waals surface area contributed by atoms with Crippen molar-refractivity contribution in [3.05, 3.63) is 5.28 Å². The Morgan fingerprint density at radius 2 is 2.05 bits per heavy atom. The fourth-order valence-electron chi connectivity index (χ4n) is 1.95. The first-order valence-electron chi connectivity index (χ1n) is 6.68. The standard InChI is InChI=1S/C12H20ClN5O/c1-3-6-14-11-15-10(13)16-12(17-11)19-9-4-7-18(2)8-5-9/h9H,3-8H2,1-2H3,(H,14,15,16,17). The van der Waals surface area contributed by atoms with E-state index in [-0.39, 0.29) is 11.4 Å². The van der Waals surface area contributed by atoms with E-state index in [9.17, 15) is 0 Å². The normalized spacial score (nSPS) is 17.4. The SMILES string of the molecule is CCCNc1nc(Cl)nc(OC2CCN(C)CC2)n1. The van der Waals surface area contributed by atoms with Gasteiger partial charge in [-0.1, -0.05) is 6.92 Å². The maximum absolute atomic E-state index is 5.88. The summed E-state index contributed by atoms with van der Waals surface area (Å²) in [5.74, 6) is 0.477. The molecule has 0 bridgehead atoms. The van der Waals surface area contributed by atoms with Crippen molar-refractivity contribution in [3.8, 4) is 6.01 Å². The summed E-state index contributed by atoms with van der Waals surface area (Å²) in [4.78, 5) is 14.6. The van der Waals surface area contributed by atoms with Crippen LogP contribution in [0.25, 0.3) is 0 Å². The lowest BCUT2D eigenvalue weighted by Crippen LogP contribution is -2.36. The largest absolute Gasteiger partial charge is 0.460 e. The molecule has 0 unspecified atom stereocenters. The molecule has 0 aliphatic carbocycles. The molecule has 106 valence electrons. The van der Waals surface area contributed by atoms with Crippen molar-refractivity contribution in [2.45, 2.75) is 32.3 Å². The van der Waals surface area contributed by atoms with Gasteiger partial charge in [-0.05, 0) is 37.9 Å². The topological polar surface area (TPSA) is 63.2 Å². The molecule has 6 nitrogen and oxygen atoms in total. The summed E-state index contributed by atoms with van der Waals surface area (Å²) in [6.07, 6.45) is 3.12. The van der Waals surface area contributed by atoms with Crippen molar-refractivity contribution in [2.75, 3.05) is 32.0 Å². The average Bonchev–Trinajstić information content (AvgIpc) is 2.38. The zero-order chi connectivity index (χ0) is 13.7. The van der Waals surface area contributed by atoms with Crippen LogP contribution in [-0.4, -0.2) is 52.6 Å². The molecule has 1 fully saturated rings. The van der Waals surface area contributed by atoms with Crippen molar-refractivity contribution in [1.82, 2.24) is 19.9 Å². The maximum Gasteiger partial charge on any atom is 0.322 e. The monoisotopic (exact) mass is 285 g/mol. The van der Waals surface area contributed by atoms with Gasteiger partial charge in [-0.3, -0.25) is 0 Å². The summed E-state index contributed by atoms with van der Waals surface area (Å²) in [5.41, 5.74) is 0. The van der Waals surface area contributed by atoms with Gasteiger partial charge in [0.1, 0.15) is 6.10 Å². The molecule has 0 radical (unpaired) electrons. The number of likely N-dealkylation sites (tertiary alicyclic amines) is 1. The summed E-state index contributed by atoms with van der Waals surface area (Å²) in [7, 11) is 2.11. The number of aromatic nitrogens is 3. The molecule has 0 amide bonds. The van der Waals surface area contributed by atoms with Crippen LogP contribution < -0.4 is 10.1 Å². The fourth-order valence-corrected chi connectivity index (χ4v) is 2.10.